The molecule has 172 valence electrons. The topological polar surface area (TPSA) is 130 Å². The van der Waals surface area contributed by atoms with Crippen molar-refractivity contribution in [3.63, 3.8) is 0 Å². The monoisotopic (exact) mass is 471 g/mol. The summed E-state index contributed by atoms with van der Waals surface area (Å²) < 4.78 is 15.9. The van der Waals surface area contributed by atoms with Gasteiger partial charge in [0.2, 0.25) is 0 Å². The molecule has 0 fully saturated rings. The number of carbonyl (C=O) groups is 2. The lowest BCUT2D eigenvalue weighted by Crippen LogP contribution is -2.30. The third-order valence-corrected chi connectivity index (χ3v) is 5.20. The van der Waals surface area contributed by atoms with E-state index in [0.717, 1.165) is 11.3 Å². The number of thiazole rings is 1. The minimum atomic E-state index is -1.10. The summed E-state index contributed by atoms with van der Waals surface area (Å²) in [5.74, 6) is -0.401. The third kappa shape index (κ3) is 5.83. The van der Waals surface area contributed by atoms with E-state index in [1.165, 1.54) is 38.3 Å². The molecule has 0 aliphatic rings. The van der Waals surface area contributed by atoms with Crippen molar-refractivity contribution < 1.29 is 28.7 Å². The predicted molar refractivity (Wildman–Crippen MR) is 122 cm³/mol. The van der Waals surface area contributed by atoms with Crippen molar-refractivity contribution in [3.05, 3.63) is 63.5 Å². The average molecular weight is 471 g/mol. The van der Waals surface area contributed by atoms with E-state index in [1.54, 1.807) is 23.6 Å². The van der Waals surface area contributed by atoms with Gasteiger partial charge in [-0.25, -0.2) is 9.78 Å². The molecule has 3 aromatic rings. The van der Waals surface area contributed by atoms with Gasteiger partial charge >= 0.3 is 5.97 Å². The molecule has 33 heavy (non-hydrogen) atoms. The Morgan fingerprint density at radius 1 is 1.21 bits per heavy atom. The first-order chi connectivity index (χ1) is 15.8. The number of hydrogen-bond donors (Lipinski definition) is 1. The summed E-state index contributed by atoms with van der Waals surface area (Å²) >= 11 is 1.15. The molecule has 0 radical (unpaired) electrons. The maximum Gasteiger partial charge on any atom is 0.339 e. The van der Waals surface area contributed by atoms with E-state index in [9.17, 15) is 19.7 Å². The molecule has 11 heteroatoms. The summed E-state index contributed by atoms with van der Waals surface area (Å²) in [6, 6.07) is 10.6. The number of hydrogen-bond acceptors (Lipinski definition) is 9. The van der Waals surface area contributed by atoms with Gasteiger partial charge in [-0.05, 0) is 32.0 Å². The second-order valence-electron chi connectivity index (χ2n) is 6.68. The molecule has 1 amide bonds. The van der Waals surface area contributed by atoms with Crippen LogP contribution in [0.4, 0.5) is 10.8 Å². The minimum Gasteiger partial charge on any atom is -0.493 e. The van der Waals surface area contributed by atoms with E-state index in [1.807, 2.05) is 6.92 Å². The molecule has 2 aromatic carbocycles. The van der Waals surface area contributed by atoms with Gasteiger partial charge in [0.25, 0.3) is 11.6 Å². The van der Waals surface area contributed by atoms with Crippen LogP contribution >= 0.6 is 11.3 Å². The number of amides is 1. The predicted octanol–water partition coefficient (Wildman–Crippen LogP) is 4.31. The molecule has 0 spiro atoms. The summed E-state index contributed by atoms with van der Waals surface area (Å²) in [5, 5.41) is 15.5. The van der Waals surface area contributed by atoms with Crippen LogP contribution in [0.5, 0.6) is 11.5 Å². The summed E-state index contributed by atoms with van der Waals surface area (Å²) in [7, 11) is 1.46. The summed E-state index contributed by atoms with van der Waals surface area (Å²) in [6.45, 7) is 3.71. The average Bonchev–Trinajstić information content (AvgIpc) is 3.28. The van der Waals surface area contributed by atoms with E-state index >= 15 is 0 Å². The molecule has 10 nitrogen and oxygen atoms in total. The quantitative estimate of drug-likeness (QED) is 0.278. The number of non-ortho nitro benzene ring substituents is 1. The van der Waals surface area contributed by atoms with E-state index in [2.05, 4.69) is 10.3 Å². The van der Waals surface area contributed by atoms with Gasteiger partial charge in [0.05, 0.1) is 29.9 Å². The van der Waals surface area contributed by atoms with Gasteiger partial charge in [0.15, 0.2) is 22.7 Å². The standard InChI is InChI=1S/C22H21N3O7S/c1-4-31-18-9-8-15(11-19(18)30-3)21(27)32-13(2)20(26)24-22-23-17(12-33-22)14-6-5-7-16(10-14)25(28)29/h5-13H,4H2,1-3H3,(H,23,24,26). The Bertz CT molecular complexity index is 1180. The van der Waals surface area contributed by atoms with Crippen molar-refractivity contribution >= 4 is 34.0 Å². The molecular formula is C22H21N3O7S. The lowest BCUT2D eigenvalue weighted by atomic mass is 10.1. The molecule has 1 aromatic heterocycles. The molecular weight excluding hydrogens is 450 g/mol. The van der Waals surface area contributed by atoms with Crippen LogP contribution in [-0.2, 0) is 9.53 Å². The first kappa shape index (κ1) is 23.7. The fraction of sp³-hybridized carbons (Fsp3) is 0.227. The van der Waals surface area contributed by atoms with Crippen LogP contribution in [0, 0.1) is 10.1 Å². The molecule has 3 rings (SSSR count). The lowest BCUT2D eigenvalue weighted by molar-refractivity contribution is -0.384. The van der Waals surface area contributed by atoms with Crippen molar-refractivity contribution in [2.45, 2.75) is 20.0 Å². The van der Waals surface area contributed by atoms with Gasteiger partial charge in [0.1, 0.15) is 0 Å². The molecule has 0 saturated heterocycles. The van der Waals surface area contributed by atoms with Gasteiger partial charge in [0, 0.05) is 23.1 Å². The Balaban J connectivity index is 1.64. The van der Waals surface area contributed by atoms with Gasteiger partial charge in [-0.15, -0.1) is 11.3 Å². The molecule has 0 bridgehead atoms. The van der Waals surface area contributed by atoms with Gasteiger partial charge in [-0.3, -0.25) is 20.2 Å². The number of nitrogens with one attached hydrogen (secondary N) is 1. The number of rotatable bonds is 9. The molecule has 0 aliphatic heterocycles. The normalized spacial score (nSPS) is 11.4. The lowest BCUT2D eigenvalue weighted by Gasteiger charge is -2.14. The number of nitro benzene ring substituents is 1. The first-order valence-electron chi connectivity index (χ1n) is 9.85. The summed E-state index contributed by atoms with van der Waals surface area (Å²) in [4.78, 5) is 39.7. The van der Waals surface area contributed by atoms with E-state index in [4.69, 9.17) is 14.2 Å². The highest BCUT2D eigenvalue weighted by molar-refractivity contribution is 7.14. The zero-order valence-electron chi connectivity index (χ0n) is 18.1. The van der Waals surface area contributed by atoms with Crippen LogP contribution in [0.3, 0.4) is 0 Å². The molecule has 1 unspecified atom stereocenters. The second-order valence-corrected chi connectivity index (χ2v) is 7.54. The number of aromatic nitrogens is 1. The number of ether oxygens (including phenoxy) is 3. The highest BCUT2D eigenvalue weighted by atomic mass is 32.1. The van der Waals surface area contributed by atoms with Crippen molar-refractivity contribution in [1.29, 1.82) is 0 Å². The Kier molecular flexibility index (Phi) is 7.57. The number of nitrogens with zero attached hydrogens (tertiary/aromatic N) is 2. The molecule has 1 atom stereocenters. The number of benzene rings is 2. The maximum absolute atomic E-state index is 12.5. The number of nitro groups is 1. The highest BCUT2D eigenvalue weighted by Gasteiger charge is 2.21. The van der Waals surface area contributed by atoms with Gasteiger partial charge in [-0.2, -0.15) is 0 Å². The highest BCUT2D eigenvalue weighted by Crippen LogP contribution is 2.29. The largest absolute Gasteiger partial charge is 0.493 e. The van der Waals surface area contributed by atoms with Crippen molar-refractivity contribution in [1.82, 2.24) is 4.98 Å². The molecule has 0 saturated carbocycles. The minimum absolute atomic E-state index is 0.0578. The van der Waals surface area contributed by atoms with Crippen molar-refractivity contribution in [2.24, 2.45) is 0 Å². The van der Waals surface area contributed by atoms with Crippen molar-refractivity contribution in [3.8, 4) is 22.8 Å². The van der Waals surface area contributed by atoms with Crippen LogP contribution in [0.25, 0.3) is 11.3 Å². The van der Waals surface area contributed by atoms with Crippen LogP contribution in [-0.4, -0.2) is 41.6 Å². The fourth-order valence-corrected chi connectivity index (χ4v) is 3.52. The SMILES string of the molecule is CCOc1ccc(C(=O)OC(C)C(=O)Nc2nc(-c3cccc([N+](=O)[O-])c3)cs2)cc1OC. The number of methoxy groups -OCH3 is 1. The third-order valence-electron chi connectivity index (χ3n) is 4.44. The number of esters is 1. The first-order valence-corrected chi connectivity index (χ1v) is 10.7. The van der Waals surface area contributed by atoms with E-state index < -0.39 is 22.9 Å². The molecule has 1 N–H and O–H groups in total. The Morgan fingerprint density at radius 3 is 2.70 bits per heavy atom. The van der Waals surface area contributed by atoms with Gasteiger partial charge < -0.3 is 14.2 Å². The zero-order chi connectivity index (χ0) is 24.0. The van der Waals surface area contributed by atoms with E-state index in [0.29, 0.717) is 29.4 Å². The molecule has 1 heterocycles. The summed E-state index contributed by atoms with van der Waals surface area (Å²) in [6.07, 6.45) is -1.10. The Hall–Kier alpha value is -3.99. The van der Waals surface area contributed by atoms with Gasteiger partial charge in [-0.1, -0.05) is 12.1 Å². The smallest absolute Gasteiger partial charge is 0.339 e. The summed E-state index contributed by atoms with van der Waals surface area (Å²) in [5.41, 5.74) is 1.17. The van der Waals surface area contributed by atoms with Crippen LogP contribution < -0.4 is 14.8 Å². The van der Waals surface area contributed by atoms with Crippen LogP contribution in [0.2, 0.25) is 0 Å². The fourth-order valence-electron chi connectivity index (χ4n) is 2.80. The van der Waals surface area contributed by atoms with E-state index in [-0.39, 0.29) is 16.4 Å². The Labute approximate surface area is 193 Å². The second kappa shape index (κ2) is 10.6. The van der Waals surface area contributed by atoms with Crippen LogP contribution in [0.15, 0.2) is 47.8 Å². The zero-order valence-corrected chi connectivity index (χ0v) is 18.9. The number of anilines is 1. The maximum atomic E-state index is 12.5. The Morgan fingerprint density at radius 2 is 2.00 bits per heavy atom. The number of carbonyl (C=O) groups excluding carboxylic acids is 2. The molecule has 0 aliphatic carbocycles. The van der Waals surface area contributed by atoms with Crippen molar-refractivity contribution in [2.75, 3.05) is 19.0 Å². The van der Waals surface area contributed by atoms with Crippen LogP contribution in [0.1, 0.15) is 24.2 Å².